The molecule has 1 aliphatic carbocycles. The van der Waals surface area contributed by atoms with Crippen LogP contribution in [0, 0.1) is 5.92 Å². The standard InChI is InChI=1S/C22H20O2/c23-20-16-22(18-11-5-2-6-12-18,15-17-9-3-1-4-10-17)24-21-14-8-7-13-19(20)21/h1-12,14,19H,13,15-16H2. The van der Waals surface area contributed by atoms with E-state index in [4.69, 9.17) is 4.74 Å². The summed E-state index contributed by atoms with van der Waals surface area (Å²) < 4.78 is 6.53. The zero-order valence-corrected chi connectivity index (χ0v) is 13.5. The maximum atomic E-state index is 12.9. The van der Waals surface area contributed by atoms with E-state index in [2.05, 4.69) is 24.3 Å². The molecule has 2 unspecified atom stereocenters. The van der Waals surface area contributed by atoms with Crippen LogP contribution in [-0.4, -0.2) is 5.78 Å². The van der Waals surface area contributed by atoms with Crippen molar-refractivity contribution in [1.29, 1.82) is 0 Å². The number of ketones is 1. The third-order valence-corrected chi connectivity index (χ3v) is 4.91. The second kappa shape index (κ2) is 6.12. The number of allylic oxidation sites excluding steroid dienone is 4. The third kappa shape index (κ3) is 2.69. The number of carbonyl (C=O) groups is 1. The van der Waals surface area contributed by atoms with Gasteiger partial charge in [0.15, 0.2) is 0 Å². The Bertz CT molecular complexity index is 789. The van der Waals surface area contributed by atoms with Crippen molar-refractivity contribution in [2.24, 2.45) is 5.92 Å². The van der Waals surface area contributed by atoms with Crippen molar-refractivity contribution >= 4 is 5.78 Å². The van der Waals surface area contributed by atoms with E-state index in [0.717, 1.165) is 17.7 Å². The zero-order chi connectivity index (χ0) is 16.4. The monoisotopic (exact) mass is 316 g/mol. The molecule has 0 amide bonds. The van der Waals surface area contributed by atoms with Gasteiger partial charge in [-0.3, -0.25) is 4.79 Å². The van der Waals surface area contributed by atoms with Crippen LogP contribution in [0.5, 0.6) is 0 Å². The predicted octanol–water partition coefficient (Wildman–Crippen LogP) is 4.57. The smallest absolute Gasteiger partial charge is 0.148 e. The second-order valence-electron chi connectivity index (χ2n) is 6.55. The van der Waals surface area contributed by atoms with E-state index in [1.165, 1.54) is 5.56 Å². The number of carbonyl (C=O) groups excluding carboxylic acids is 1. The molecule has 0 aromatic heterocycles. The molecule has 24 heavy (non-hydrogen) atoms. The summed E-state index contributed by atoms with van der Waals surface area (Å²) in [6, 6.07) is 20.4. The summed E-state index contributed by atoms with van der Waals surface area (Å²) >= 11 is 0. The summed E-state index contributed by atoms with van der Waals surface area (Å²) in [5, 5.41) is 0. The van der Waals surface area contributed by atoms with Gasteiger partial charge in [0, 0.05) is 6.42 Å². The fourth-order valence-corrected chi connectivity index (χ4v) is 3.70. The summed E-state index contributed by atoms with van der Waals surface area (Å²) in [6.07, 6.45) is 7.85. The van der Waals surface area contributed by atoms with Gasteiger partial charge >= 0.3 is 0 Å². The van der Waals surface area contributed by atoms with Crippen LogP contribution in [0.2, 0.25) is 0 Å². The second-order valence-corrected chi connectivity index (χ2v) is 6.55. The van der Waals surface area contributed by atoms with E-state index in [1.54, 1.807) is 0 Å². The van der Waals surface area contributed by atoms with E-state index in [1.807, 2.05) is 54.6 Å². The summed E-state index contributed by atoms with van der Waals surface area (Å²) in [4.78, 5) is 12.9. The van der Waals surface area contributed by atoms with Crippen molar-refractivity contribution in [2.75, 3.05) is 0 Å². The van der Waals surface area contributed by atoms with E-state index in [-0.39, 0.29) is 11.7 Å². The largest absolute Gasteiger partial charge is 0.485 e. The highest BCUT2D eigenvalue weighted by Gasteiger charge is 2.45. The molecule has 120 valence electrons. The minimum Gasteiger partial charge on any atom is -0.485 e. The van der Waals surface area contributed by atoms with Gasteiger partial charge in [-0.25, -0.2) is 0 Å². The number of hydrogen-bond acceptors (Lipinski definition) is 2. The Morgan fingerprint density at radius 1 is 1.00 bits per heavy atom. The van der Waals surface area contributed by atoms with Gasteiger partial charge in [-0.15, -0.1) is 0 Å². The molecule has 0 saturated carbocycles. The van der Waals surface area contributed by atoms with Gasteiger partial charge in [0.2, 0.25) is 0 Å². The average Bonchev–Trinajstić information content (AvgIpc) is 2.63. The molecule has 0 radical (unpaired) electrons. The molecule has 2 nitrogen and oxygen atoms in total. The SMILES string of the molecule is O=C1CC(Cc2ccccc2)(c2ccccc2)OC2=CC=CCC12. The lowest BCUT2D eigenvalue weighted by Gasteiger charge is -2.42. The normalized spacial score (nSPS) is 25.6. The lowest BCUT2D eigenvalue weighted by Crippen LogP contribution is -2.43. The van der Waals surface area contributed by atoms with Gasteiger partial charge in [0.25, 0.3) is 0 Å². The van der Waals surface area contributed by atoms with E-state index in [0.29, 0.717) is 12.8 Å². The van der Waals surface area contributed by atoms with Crippen LogP contribution in [0.25, 0.3) is 0 Å². The first-order valence-electron chi connectivity index (χ1n) is 8.45. The van der Waals surface area contributed by atoms with Crippen LogP contribution in [0.15, 0.2) is 84.7 Å². The first-order valence-corrected chi connectivity index (χ1v) is 8.45. The Balaban J connectivity index is 1.78. The first-order chi connectivity index (χ1) is 11.8. The Morgan fingerprint density at radius 3 is 2.46 bits per heavy atom. The average molecular weight is 316 g/mol. The maximum absolute atomic E-state index is 12.9. The summed E-state index contributed by atoms with van der Waals surface area (Å²) in [6.45, 7) is 0. The van der Waals surface area contributed by atoms with Crippen molar-refractivity contribution in [2.45, 2.75) is 24.9 Å². The summed E-state index contributed by atoms with van der Waals surface area (Å²) in [5.74, 6) is 0.979. The molecular formula is C22H20O2. The molecule has 1 aliphatic heterocycles. The molecule has 0 N–H and O–H groups in total. The molecule has 1 fully saturated rings. The highest BCUT2D eigenvalue weighted by Crippen LogP contribution is 2.44. The molecular weight excluding hydrogens is 296 g/mol. The minimum absolute atomic E-state index is 0.109. The zero-order valence-electron chi connectivity index (χ0n) is 13.5. The lowest BCUT2D eigenvalue weighted by atomic mass is 9.76. The van der Waals surface area contributed by atoms with Crippen LogP contribution in [0.4, 0.5) is 0 Å². The Morgan fingerprint density at radius 2 is 1.71 bits per heavy atom. The molecule has 2 aromatic rings. The molecule has 1 saturated heterocycles. The Kier molecular flexibility index (Phi) is 3.81. The van der Waals surface area contributed by atoms with Gasteiger partial charge in [-0.2, -0.15) is 0 Å². The number of benzene rings is 2. The highest BCUT2D eigenvalue weighted by atomic mass is 16.5. The third-order valence-electron chi connectivity index (χ3n) is 4.91. The van der Waals surface area contributed by atoms with Gasteiger partial charge in [0.1, 0.15) is 17.1 Å². The lowest BCUT2D eigenvalue weighted by molar-refractivity contribution is -0.139. The van der Waals surface area contributed by atoms with Gasteiger partial charge in [-0.05, 0) is 23.6 Å². The number of fused-ring (bicyclic) bond motifs is 1. The topological polar surface area (TPSA) is 26.3 Å². The van der Waals surface area contributed by atoms with Gasteiger partial charge < -0.3 is 4.74 Å². The van der Waals surface area contributed by atoms with E-state index < -0.39 is 5.60 Å². The van der Waals surface area contributed by atoms with Crippen LogP contribution in [0.1, 0.15) is 24.0 Å². The summed E-state index contributed by atoms with van der Waals surface area (Å²) in [7, 11) is 0. The molecule has 0 spiro atoms. The van der Waals surface area contributed by atoms with Crippen molar-refractivity contribution in [3.05, 3.63) is 95.8 Å². The molecule has 0 bridgehead atoms. The quantitative estimate of drug-likeness (QED) is 0.829. The number of ether oxygens (including phenoxy) is 1. The van der Waals surface area contributed by atoms with Crippen LogP contribution in [0.3, 0.4) is 0 Å². The van der Waals surface area contributed by atoms with Crippen LogP contribution >= 0.6 is 0 Å². The first kappa shape index (κ1) is 14.9. The van der Waals surface area contributed by atoms with Gasteiger partial charge in [0.05, 0.1) is 12.3 Å². The molecule has 2 heteroatoms. The van der Waals surface area contributed by atoms with Crippen molar-refractivity contribution in [3.8, 4) is 0 Å². The predicted molar refractivity (Wildman–Crippen MR) is 94.3 cm³/mol. The van der Waals surface area contributed by atoms with E-state index >= 15 is 0 Å². The van der Waals surface area contributed by atoms with Crippen molar-refractivity contribution in [3.63, 3.8) is 0 Å². The number of rotatable bonds is 3. The molecule has 1 heterocycles. The van der Waals surface area contributed by atoms with Crippen molar-refractivity contribution < 1.29 is 9.53 Å². The fourth-order valence-electron chi connectivity index (χ4n) is 3.70. The molecule has 2 aliphatic rings. The minimum atomic E-state index is -0.618. The van der Waals surface area contributed by atoms with E-state index in [9.17, 15) is 4.79 Å². The van der Waals surface area contributed by atoms with Crippen LogP contribution < -0.4 is 0 Å². The van der Waals surface area contributed by atoms with Crippen LogP contribution in [-0.2, 0) is 21.6 Å². The molecule has 2 aromatic carbocycles. The van der Waals surface area contributed by atoms with Crippen molar-refractivity contribution in [1.82, 2.24) is 0 Å². The molecule has 2 atom stereocenters. The maximum Gasteiger partial charge on any atom is 0.148 e. The number of hydrogen-bond donors (Lipinski definition) is 0. The fraction of sp³-hybridized carbons (Fsp3) is 0.227. The summed E-state index contributed by atoms with van der Waals surface area (Å²) in [5.41, 5.74) is 1.63. The highest BCUT2D eigenvalue weighted by molar-refractivity contribution is 5.86. The van der Waals surface area contributed by atoms with Gasteiger partial charge in [-0.1, -0.05) is 72.8 Å². The Hall–Kier alpha value is -2.61. The number of Topliss-reactive ketones (excluding diaryl/α,β-unsaturated/α-hetero) is 1. The molecule has 4 rings (SSSR count). The Labute approximate surface area is 142 Å².